The average molecular weight is 381 g/mol. The smallest absolute Gasteiger partial charge is 0.218 e. The van der Waals surface area contributed by atoms with E-state index < -0.39 is 30.5 Å². The van der Waals surface area contributed by atoms with Crippen molar-refractivity contribution in [2.75, 3.05) is 0 Å². The summed E-state index contributed by atoms with van der Waals surface area (Å²) in [6.07, 6.45) is 2.73. The van der Waals surface area contributed by atoms with Crippen LogP contribution in [0.1, 0.15) is 33.1 Å². The molecule has 1 fully saturated rings. The molecule has 3 atom stereocenters. The van der Waals surface area contributed by atoms with Gasteiger partial charge in [-0.2, -0.15) is 8.78 Å². The van der Waals surface area contributed by atoms with Crippen molar-refractivity contribution >= 4 is 19.9 Å². The summed E-state index contributed by atoms with van der Waals surface area (Å²) < 4.78 is 75.3. The van der Waals surface area contributed by atoms with Gasteiger partial charge in [0, 0.05) is 6.04 Å². The van der Waals surface area contributed by atoms with Gasteiger partial charge < -0.3 is 0 Å². The van der Waals surface area contributed by atoms with E-state index in [1.54, 1.807) is 0 Å². The monoisotopic (exact) mass is 381 g/mol. The lowest BCUT2D eigenvalue weighted by Crippen LogP contribution is -2.43. The van der Waals surface area contributed by atoms with Crippen molar-refractivity contribution in [2.45, 2.75) is 54.7 Å². The standard InChI is InChI=1S/C15H21F2NO4S2/c1-10-4-3-5-14(11(10)2)18-24(21,22)13-8-6-12(7-9-13)23(19,20)15(16)17/h6-11,14-15,18H,3-5H2,1-2H3/t10-,11-,14+/m1/s1. The number of sulfonamides is 1. The molecular weight excluding hydrogens is 360 g/mol. The molecule has 0 bridgehead atoms. The fourth-order valence-electron chi connectivity index (χ4n) is 2.93. The van der Waals surface area contributed by atoms with E-state index in [0.29, 0.717) is 5.92 Å². The van der Waals surface area contributed by atoms with Crippen molar-refractivity contribution in [1.29, 1.82) is 0 Å². The van der Waals surface area contributed by atoms with Gasteiger partial charge in [-0.25, -0.2) is 21.6 Å². The Labute approximate surface area is 141 Å². The van der Waals surface area contributed by atoms with Crippen LogP contribution in [0.15, 0.2) is 34.1 Å². The first-order chi connectivity index (χ1) is 11.1. The Kier molecular flexibility index (Phi) is 5.66. The minimum atomic E-state index is -4.73. The predicted molar refractivity (Wildman–Crippen MR) is 85.9 cm³/mol. The largest absolute Gasteiger partial charge is 0.341 e. The van der Waals surface area contributed by atoms with Crippen LogP contribution in [0.25, 0.3) is 0 Å². The summed E-state index contributed by atoms with van der Waals surface area (Å²) in [6, 6.07) is 3.66. The highest BCUT2D eigenvalue weighted by Gasteiger charge is 2.31. The van der Waals surface area contributed by atoms with Gasteiger partial charge in [0.25, 0.3) is 0 Å². The quantitative estimate of drug-likeness (QED) is 0.850. The summed E-state index contributed by atoms with van der Waals surface area (Å²) >= 11 is 0. The number of nitrogens with one attached hydrogen (secondary N) is 1. The summed E-state index contributed by atoms with van der Waals surface area (Å²) in [5.74, 6) is -2.94. The summed E-state index contributed by atoms with van der Waals surface area (Å²) in [4.78, 5) is -0.739. The lowest BCUT2D eigenvalue weighted by molar-refractivity contribution is 0.227. The third kappa shape index (κ3) is 3.94. The van der Waals surface area contributed by atoms with E-state index in [2.05, 4.69) is 11.6 Å². The second-order valence-electron chi connectivity index (χ2n) is 6.27. The molecule has 5 nitrogen and oxygen atoms in total. The third-order valence-corrected chi connectivity index (χ3v) is 7.61. The number of alkyl halides is 2. The zero-order valence-electron chi connectivity index (χ0n) is 13.4. The van der Waals surface area contributed by atoms with Crippen LogP contribution in [0.2, 0.25) is 0 Å². The Bertz CT molecular complexity index is 776. The molecule has 136 valence electrons. The normalized spacial score (nSPS) is 25.8. The van der Waals surface area contributed by atoms with E-state index in [9.17, 15) is 25.6 Å². The fraction of sp³-hybridized carbons (Fsp3) is 0.600. The van der Waals surface area contributed by atoms with Crippen LogP contribution in [0.4, 0.5) is 8.78 Å². The van der Waals surface area contributed by atoms with Crippen LogP contribution < -0.4 is 4.72 Å². The molecule has 0 aromatic heterocycles. The van der Waals surface area contributed by atoms with Crippen molar-refractivity contribution < 1.29 is 25.6 Å². The molecule has 0 spiro atoms. The van der Waals surface area contributed by atoms with Gasteiger partial charge in [-0.15, -0.1) is 0 Å². The number of rotatable bonds is 5. The van der Waals surface area contributed by atoms with Crippen LogP contribution in [-0.4, -0.2) is 28.6 Å². The first-order valence-electron chi connectivity index (χ1n) is 7.70. The van der Waals surface area contributed by atoms with Gasteiger partial charge in [-0.3, -0.25) is 0 Å². The second-order valence-corrected chi connectivity index (χ2v) is 9.90. The van der Waals surface area contributed by atoms with Gasteiger partial charge in [0.15, 0.2) is 0 Å². The second kappa shape index (κ2) is 7.05. The van der Waals surface area contributed by atoms with E-state index >= 15 is 0 Å². The maximum Gasteiger partial charge on any atom is 0.341 e. The minimum absolute atomic E-state index is 0.138. The molecule has 1 aromatic rings. The Morgan fingerprint density at radius 1 is 1.00 bits per heavy atom. The van der Waals surface area contributed by atoms with Crippen LogP contribution in [0.5, 0.6) is 0 Å². The van der Waals surface area contributed by atoms with E-state index in [4.69, 9.17) is 0 Å². The summed E-state index contributed by atoms with van der Waals surface area (Å²) in [7, 11) is -8.56. The summed E-state index contributed by atoms with van der Waals surface area (Å²) in [6.45, 7) is 4.07. The Hall–Kier alpha value is -1.06. The van der Waals surface area contributed by atoms with E-state index in [1.165, 1.54) is 0 Å². The maximum atomic E-state index is 12.5. The molecule has 24 heavy (non-hydrogen) atoms. The number of benzene rings is 1. The molecular formula is C15H21F2NO4S2. The molecule has 1 aromatic carbocycles. The van der Waals surface area contributed by atoms with Crippen molar-refractivity contribution in [2.24, 2.45) is 11.8 Å². The van der Waals surface area contributed by atoms with Gasteiger partial charge in [0.05, 0.1) is 9.79 Å². The number of hydrogen-bond donors (Lipinski definition) is 1. The first-order valence-corrected chi connectivity index (χ1v) is 10.7. The Balaban J connectivity index is 2.21. The summed E-state index contributed by atoms with van der Waals surface area (Å²) in [5.41, 5.74) is 0. The molecule has 2 rings (SSSR count). The van der Waals surface area contributed by atoms with Gasteiger partial charge in [0.2, 0.25) is 19.9 Å². The molecule has 1 saturated carbocycles. The molecule has 0 unspecified atom stereocenters. The van der Waals surface area contributed by atoms with E-state index in [0.717, 1.165) is 43.5 Å². The number of halogens is 2. The van der Waals surface area contributed by atoms with E-state index in [-0.39, 0.29) is 16.9 Å². The highest BCUT2D eigenvalue weighted by Crippen LogP contribution is 2.30. The number of hydrogen-bond acceptors (Lipinski definition) is 4. The summed E-state index contributed by atoms with van der Waals surface area (Å²) in [5, 5.41) is 0. The molecule has 0 aliphatic heterocycles. The van der Waals surface area contributed by atoms with Crippen molar-refractivity contribution in [3.63, 3.8) is 0 Å². The number of sulfone groups is 1. The van der Waals surface area contributed by atoms with Crippen LogP contribution in [0.3, 0.4) is 0 Å². The van der Waals surface area contributed by atoms with Crippen LogP contribution in [-0.2, 0) is 19.9 Å². The molecule has 0 saturated heterocycles. The third-order valence-electron chi connectivity index (χ3n) is 4.71. The molecule has 9 heteroatoms. The predicted octanol–water partition coefficient (Wildman–Crippen LogP) is 2.79. The fourth-order valence-corrected chi connectivity index (χ4v) is 5.01. The van der Waals surface area contributed by atoms with Crippen molar-refractivity contribution in [3.8, 4) is 0 Å². The highest BCUT2D eigenvalue weighted by molar-refractivity contribution is 7.91. The average Bonchev–Trinajstić information content (AvgIpc) is 2.51. The minimum Gasteiger partial charge on any atom is -0.218 e. The SMILES string of the molecule is C[C@@H]1[C@H](C)CCC[C@@H]1NS(=O)(=O)c1ccc(S(=O)(=O)C(F)F)cc1. The Morgan fingerprint density at radius 2 is 1.54 bits per heavy atom. The molecule has 1 aliphatic carbocycles. The molecule has 0 amide bonds. The Morgan fingerprint density at radius 3 is 2.08 bits per heavy atom. The van der Waals surface area contributed by atoms with Gasteiger partial charge >= 0.3 is 5.76 Å². The zero-order valence-corrected chi connectivity index (χ0v) is 15.1. The van der Waals surface area contributed by atoms with E-state index in [1.807, 2.05) is 6.92 Å². The highest BCUT2D eigenvalue weighted by atomic mass is 32.2. The van der Waals surface area contributed by atoms with Crippen LogP contribution >= 0.6 is 0 Å². The van der Waals surface area contributed by atoms with Crippen molar-refractivity contribution in [3.05, 3.63) is 24.3 Å². The van der Waals surface area contributed by atoms with Crippen molar-refractivity contribution in [1.82, 2.24) is 4.72 Å². The molecule has 0 heterocycles. The topological polar surface area (TPSA) is 80.3 Å². The molecule has 0 radical (unpaired) electrons. The van der Waals surface area contributed by atoms with Gasteiger partial charge in [0.1, 0.15) is 0 Å². The van der Waals surface area contributed by atoms with Gasteiger partial charge in [-0.1, -0.05) is 26.7 Å². The first kappa shape index (κ1) is 19.3. The maximum absolute atomic E-state index is 12.5. The van der Waals surface area contributed by atoms with Crippen LogP contribution in [0, 0.1) is 11.8 Å². The lowest BCUT2D eigenvalue weighted by Gasteiger charge is -2.34. The molecule has 1 aliphatic rings. The lowest BCUT2D eigenvalue weighted by atomic mass is 9.78. The zero-order chi connectivity index (χ0) is 18.1. The molecule has 1 N–H and O–H groups in total. The van der Waals surface area contributed by atoms with Gasteiger partial charge in [-0.05, 0) is 42.5 Å².